The molecule has 0 amide bonds. The van der Waals surface area contributed by atoms with Crippen molar-refractivity contribution in [2.45, 2.75) is 6.18 Å². The van der Waals surface area contributed by atoms with Crippen molar-refractivity contribution in [1.82, 2.24) is 4.90 Å². The van der Waals surface area contributed by atoms with Crippen LogP contribution in [0.4, 0.5) is 18.9 Å². The van der Waals surface area contributed by atoms with Crippen LogP contribution in [0.15, 0.2) is 22.7 Å². The summed E-state index contributed by atoms with van der Waals surface area (Å²) in [5.74, 6) is -0.0518. The Balaban J connectivity index is 2.07. The van der Waals surface area contributed by atoms with Crippen molar-refractivity contribution in [3.8, 4) is 0 Å². The van der Waals surface area contributed by atoms with Crippen LogP contribution in [0, 0.1) is 5.41 Å². The van der Waals surface area contributed by atoms with E-state index in [0.29, 0.717) is 31.7 Å². The molecule has 1 aromatic rings. The topological polar surface area (TPSA) is 56.4 Å². The molecule has 0 atom stereocenters. The summed E-state index contributed by atoms with van der Waals surface area (Å²) < 4.78 is 37.9. The number of nitrogens with two attached hydrogens (primary N) is 1. The molecule has 3 N–H and O–H groups in total. The summed E-state index contributed by atoms with van der Waals surface area (Å²) in [7, 11) is 0. The molecule has 116 valence electrons. The summed E-state index contributed by atoms with van der Waals surface area (Å²) in [6, 6.07) is 5.42. The van der Waals surface area contributed by atoms with Crippen LogP contribution in [0.2, 0.25) is 0 Å². The number of hydrogen-bond donors (Lipinski definition) is 2. The molecule has 0 spiro atoms. The van der Waals surface area contributed by atoms with Crippen molar-refractivity contribution >= 4 is 27.5 Å². The Kier molecular flexibility index (Phi) is 4.77. The molecule has 1 fully saturated rings. The van der Waals surface area contributed by atoms with Gasteiger partial charge in [-0.05, 0) is 18.2 Å². The van der Waals surface area contributed by atoms with Gasteiger partial charge in [-0.15, -0.1) is 0 Å². The van der Waals surface area contributed by atoms with Gasteiger partial charge in [0, 0.05) is 41.9 Å². The molecule has 1 saturated heterocycles. The third-order valence-corrected chi connectivity index (χ3v) is 3.86. The van der Waals surface area contributed by atoms with Crippen molar-refractivity contribution in [2.24, 2.45) is 5.73 Å². The van der Waals surface area contributed by atoms with Crippen LogP contribution in [-0.2, 0) is 0 Å². The fourth-order valence-corrected chi connectivity index (χ4v) is 2.76. The van der Waals surface area contributed by atoms with Crippen molar-refractivity contribution in [1.29, 1.82) is 5.41 Å². The minimum atomic E-state index is -4.16. The van der Waals surface area contributed by atoms with E-state index >= 15 is 0 Å². The highest BCUT2D eigenvalue weighted by Gasteiger charge is 2.32. The van der Waals surface area contributed by atoms with Crippen LogP contribution in [0.25, 0.3) is 0 Å². The molecule has 0 bridgehead atoms. The van der Waals surface area contributed by atoms with E-state index in [1.54, 1.807) is 6.07 Å². The van der Waals surface area contributed by atoms with Crippen molar-refractivity contribution in [3.63, 3.8) is 0 Å². The van der Waals surface area contributed by atoms with E-state index in [0.717, 1.165) is 10.2 Å². The molecule has 1 aliphatic rings. The molecule has 8 heteroatoms. The van der Waals surface area contributed by atoms with Crippen molar-refractivity contribution in [3.05, 3.63) is 28.2 Å². The zero-order chi connectivity index (χ0) is 15.6. The number of nitrogens with one attached hydrogen (secondary N) is 1. The fourth-order valence-electron chi connectivity index (χ4n) is 2.40. The molecule has 0 aliphatic carbocycles. The molecule has 0 unspecified atom stereocenters. The normalized spacial score (nSPS) is 17.0. The number of hydrogen-bond acceptors (Lipinski definition) is 3. The number of amidine groups is 1. The predicted molar refractivity (Wildman–Crippen MR) is 79.9 cm³/mol. The maximum Gasteiger partial charge on any atom is 0.401 e. The Morgan fingerprint density at radius 1 is 1.24 bits per heavy atom. The first-order valence-electron chi connectivity index (χ1n) is 6.44. The molecule has 0 aromatic heterocycles. The van der Waals surface area contributed by atoms with E-state index in [9.17, 15) is 13.2 Å². The van der Waals surface area contributed by atoms with E-state index in [4.69, 9.17) is 11.1 Å². The largest absolute Gasteiger partial charge is 0.401 e. The summed E-state index contributed by atoms with van der Waals surface area (Å²) in [6.07, 6.45) is -4.16. The molecule has 1 aromatic carbocycles. The lowest BCUT2D eigenvalue weighted by molar-refractivity contribution is -0.146. The second kappa shape index (κ2) is 6.23. The smallest absolute Gasteiger partial charge is 0.384 e. The molecule has 1 heterocycles. The summed E-state index contributed by atoms with van der Waals surface area (Å²) >= 11 is 3.33. The second-order valence-corrected chi connectivity index (χ2v) is 5.87. The Morgan fingerprint density at radius 2 is 1.86 bits per heavy atom. The number of halogens is 4. The maximum atomic E-state index is 12.4. The Hall–Kier alpha value is -1.28. The summed E-state index contributed by atoms with van der Waals surface area (Å²) in [6.45, 7) is 0.774. The number of piperazine rings is 1. The predicted octanol–water partition coefficient (Wildman–Crippen LogP) is 2.42. The first-order valence-corrected chi connectivity index (χ1v) is 7.23. The van der Waals surface area contributed by atoms with Crippen molar-refractivity contribution in [2.75, 3.05) is 37.6 Å². The van der Waals surface area contributed by atoms with Gasteiger partial charge in [-0.25, -0.2) is 0 Å². The number of anilines is 1. The first-order chi connectivity index (χ1) is 9.76. The van der Waals surface area contributed by atoms with Gasteiger partial charge in [0.05, 0.1) is 6.54 Å². The average Bonchev–Trinajstić information content (AvgIpc) is 2.38. The lowest BCUT2D eigenvalue weighted by Crippen LogP contribution is -2.49. The van der Waals surface area contributed by atoms with Crippen LogP contribution < -0.4 is 10.6 Å². The summed E-state index contributed by atoms with van der Waals surface area (Å²) in [5, 5.41) is 7.62. The maximum absolute atomic E-state index is 12.4. The third kappa shape index (κ3) is 4.34. The Bertz CT molecular complexity index is 525. The van der Waals surface area contributed by atoms with Gasteiger partial charge in [0.15, 0.2) is 0 Å². The number of benzene rings is 1. The fraction of sp³-hybridized carbons (Fsp3) is 0.462. The van der Waals surface area contributed by atoms with Crippen LogP contribution in [0.1, 0.15) is 5.56 Å². The van der Waals surface area contributed by atoms with Crippen molar-refractivity contribution < 1.29 is 13.2 Å². The Morgan fingerprint density at radius 3 is 2.38 bits per heavy atom. The SMILES string of the molecule is N=C(N)c1cc(Br)ccc1N1CCN(CC(F)(F)F)CC1. The summed E-state index contributed by atoms with van der Waals surface area (Å²) in [4.78, 5) is 3.36. The highest BCUT2D eigenvalue weighted by Crippen LogP contribution is 2.26. The summed E-state index contributed by atoms with van der Waals surface area (Å²) in [5.41, 5.74) is 6.96. The van der Waals surface area contributed by atoms with Gasteiger partial charge in [0.25, 0.3) is 0 Å². The average molecular weight is 365 g/mol. The zero-order valence-electron chi connectivity index (χ0n) is 11.3. The van der Waals surface area contributed by atoms with Gasteiger partial charge in [-0.2, -0.15) is 13.2 Å². The molecule has 1 aliphatic heterocycles. The molecular formula is C13H16BrF3N4. The quantitative estimate of drug-likeness (QED) is 0.639. The molecule has 0 radical (unpaired) electrons. The minimum absolute atomic E-state index is 0.0518. The van der Waals surface area contributed by atoms with Gasteiger partial charge in [-0.1, -0.05) is 15.9 Å². The molecule has 2 rings (SSSR count). The van der Waals surface area contributed by atoms with Crippen LogP contribution in [-0.4, -0.2) is 49.6 Å². The van der Waals surface area contributed by atoms with Gasteiger partial charge in [0.2, 0.25) is 0 Å². The van der Waals surface area contributed by atoms with E-state index < -0.39 is 12.7 Å². The van der Waals surface area contributed by atoms with E-state index in [2.05, 4.69) is 15.9 Å². The monoisotopic (exact) mass is 364 g/mol. The number of nitrogens with zero attached hydrogens (tertiary/aromatic N) is 2. The van der Waals surface area contributed by atoms with Crippen LogP contribution in [0.3, 0.4) is 0 Å². The van der Waals surface area contributed by atoms with Gasteiger partial charge in [0.1, 0.15) is 5.84 Å². The lowest BCUT2D eigenvalue weighted by Gasteiger charge is -2.37. The van der Waals surface area contributed by atoms with Gasteiger partial charge < -0.3 is 10.6 Å². The lowest BCUT2D eigenvalue weighted by atomic mass is 10.1. The van der Waals surface area contributed by atoms with E-state index in [1.807, 2.05) is 17.0 Å². The number of rotatable bonds is 3. The van der Waals surface area contributed by atoms with E-state index in [1.165, 1.54) is 4.90 Å². The van der Waals surface area contributed by atoms with Gasteiger partial charge in [-0.3, -0.25) is 10.3 Å². The Labute approximate surface area is 129 Å². The third-order valence-electron chi connectivity index (χ3n) is 3.36. The zero-order valence-corrected chi connectivity index (χ0v) is 12.8. The highest BCUT2D eigenvalue weighted by atomic mass is 79.9. The standard InChI is InChI=1S/C13H16BrF3N4/c14-9-1-2-11(10(7-9)12(18)19)21-5-3-20(4-6-21)8-13(15,16)17/h1-2,7H,3-6,8H2,(H3,18,19). The molecule has 4 nitrogen and oxygen atoms in total. The first kappa shape index (κ1) is 16.1. The minimum Gasteiger partial charge on any atom is -0.384 e. The second-order valence-electron chi connectivity index (χ2n) is 4.95. The van der Waals surface area contributed by atoms with Gasteiger partial charge >= 0.3 is 6.18 Å². The highest BCUT2D eigenvalue weighted by molar-refractivity contribution is 9.10. The molecule has 0 saturated carbocycles. The molecule has 21 heavy (non-hydrogen) atoms. The number of alkyl halides is 3. The van der Waals surface area contributed by atoms with Crippen LogP contribution in [0.5, 0.6) is 0 Å². The van der Waals surface area contributed by atoms with E-state index in [-0.39, 0.29) is 5.84 Å². The number of nitrogen functional groups attached to an aromatic ring is 1. The van der Waals surface area contributed by atoms with Crippen LogP contribution >= 0.6 is 15.9 Å². The molecular weight excluding hydrogens is 349 g/mol.